The molecule has 3 rings (SSSR count). The van der Waals surface area contributed by atoms with Crippen molar-refractivity contribution in [2.24, 2.45) is 0 Å². The number of hydrogen-bond acceptors (Lipinski definition) is 4. The second-order valence-electron chi connectivity index (χ2n) is 6.35. The highest BCUT2D eigenvalue weighted by molar-refractivity contribution is 5.92. The predicted molar refractivity (Wildman–Crippen MR) is 131 cm³/mol. The molecule has 0 atom stereocenters. The molecule has 0 saturated carbocycles. The highest BCUT2D eigenvalue weighted by Gasteiger charge is 2.11. The smallest absolute Gasteiger partial charge is 0.343 e. The Morgan fingerprint density at radius 2 is 0.812 bits per heavy atom. The molecule has 0 aliphatic heterocycles. The molecule has 3 aromatic rings. The maximum Gasteiger partial charge on any atom is 0.343 e. The van der Waals surface area contributed by atoms with Gasteiger partial charge in [-0.2, -0.15) is 0 Å². The highest BCUT2D eigenvalue weighted by atomic mass is 16.5. The van der Waals surface area contributed by atoms with E-state index in [1.54, 1.807) is 48.5 Å². The van der Waals surface area contributed by atoms with Gasteiger partial charge in [-0.25, -0.2) is 9.59 Å². The summed E-state index contributed by atoms with van der Waals surface area (Å²) in [4.78, 5) is 24.4. The highest BCUT2D eigenvalue weighted by Crippen LogP contribution is 2.20. The van der Waals surface area contributed by atoms with Gasteiger partial charge in [0.15, 0.2) is 0 Å². The molecule has 4 heteroatoms. The lowest BCUT2D eigenvalue weighted by molar-refractivity contribution is 0.0719. The minimum Gasteiger partial charge on any atom is -0.423 e. The lowest BCUT2D eigenvalue weighted by Crippen LogP contribution is -2.09. The van der Waals surface area contributed by atoms with Crippen molar-refractivity contribution in [1.29, 1.82) is 0 Å². The Kier molecular flexibility index (Phi) is 12.1. The number of carbonyl (C=O) groups excluding carboxylic acids is 2. The number of rotatable bonds is 6. The molecule has 32 heavy (non-hydrogen) atoms. The average molecular weight is 435 g/mol. The minimum atomic E-state index is -0.427. The third kappa shape index (κ3) is 8.03. The molecule has 0 amide bonds. The molecule has 0 N–H and O–H groups in total. The maximum atomic E-state index is 12.2. The number of hydrogen-bond donors (Lipinski definition) is 0. The quantitative estimate of drug-likeness (QED) is 0.302. The summed E-state index contributed by atoms with van der Waals surface area (Å²) in [6.07, 6.45) is 1.83. The molecule has 0 bridgehead atoms. The minimum absolute atomic E-state index is 0.386. The van der Waals surface area contributed by atoms with E-state index in [0.717, 1.165) is 24.0 Å². The zero-order valence-corrected chi connectivity index (χ0v) is 20.0. The Morgan fingerprint density at radius 3 is 1.06 bits per heavy atom. The van der Waals surface area contributed by atoms with Crippen LogP contribution in [-0.4, -0.2) is 11.9 Å². The van der Waals surface area contributed by atoms with E-state index >= 15 is 0 Å². The molecule has 4 nitrogen and oxygen atoms in total. The molecule has 0 heterocycles. The van der Waals surface area contributed by atoms with Crippen molar-refractivity contribution in [2.45, 2.75) is 54.4 Å². The standard InChI is InChI=1S/C24H22O4.2C2H6/c1-3-17-5-9-19(10-6-17)23(25)27-21-13-15-22(16-14-21)28-24(26)20-11-7-18(4-2)8-12-20;2*1-2/h5-16H,3-4H2,1-2H3;2*1-2H3. The lowest BCUT2D eigenvalue weighted by atomic mass is 10.1. The lowest BCUT2D eigenvalue weighted by Gasteiger charge is -2.07. The van der Waals surface area contributed by atoms with Crippen molar-refractivity contribution in [3.8, 4) is 11.5 Å². The van der Waals surface area contributed by atoms with E-state index in [1.807, 2.05) is 52.0 Å². The number of esters is 2. The monoisotopic (exact) mass is 434 g/mol. The van der Waals surface area contributed by atoms with Gasteiger partial charge in [-0.05, 0) is 72.5 Å². The van der Waals surface area contributed by atoms with Gasteiger partial charge in [0.25, 0.3) is 0 Å². The zero-order valence-electron chi connectivity index (χ0n) is 20.0. The van der Waals surface area contributed by atoms with Gasteiger partial charge < -0.3 is 9.47 Å². The van der Waals surface area contributed by atoms with E-state index in [9.17, 15) is 9.59 Å². The topological polar surface area (TPSA) is 52.6 Å². The van der Waals surface area contributed by atoms with Gasteiger partial charge in [0.2, 0.25) is 0 Å². The Labute approximate surface area is 192 Å². The van der Waals surface area contributed by atoms with Gasteiger partial charge in [-0.3, -0.25) is 0 Å². The van der Waals surface area contributed by atoms with E-state index < -0.39 is 11.9 Å². The van der Waals surface area contributed by atoms with Crippen LogP contribution in [0.3, 0.4) is 0 Å². The summed E-state index contributed by atoms with van der Waals surface area (Å²) in [7, 11) is 0. The van der Waals surface area contributed by atoms with Crippen LogP contribution < -0.4 is 9.47 Å². The van der Waals surface area contributed by atoms with E-state index in [-0.39, 0.29) is 0 Å². The van der Waals surface area contributed by atoms with E-state index in [1.165, 1.54) is 0 Å². The molecule has 0 aliphatic carbocycles. The van der Waals surface area contributed by atoms with Crippen molar-refractivity contribution in [2.75, 3.05) is 0 Å². The van der Waals surface area contributed by atoms with Gasteiger partial charge in [-0.15, -0.1) is 0 Å². The molecule has 170 valence electrons. The van der Waals surface area contributed by atoms with Crippen molar-refractivity contribution < 1.29 is 19.1 Å². The normalized spacial score (nSPS) is 9.44. The van der Waals surface area contributed by atoms with Gasteiger partial charge >= 0.3 is 11.9 Å². The second-order valence-corrected chi connectivity index (χ2v) is 6.35. The summed E-state index contributed by atoms with van der Waals surface area (Å²) < 4.78 is 10.7. The Hall–Kier alpha value is -3.40. The van der Waals surface area contributed by atoms with Crippen molar-refractivity contribution in [3.63, 3.8) is 0 Å². The Bertz CT molecular complexity index is 860. The summed E-state index contributed by atoms with van der Waals surface area (Å²) >= 11 is 0. The summed E-state index contributed by atoms with van der Waals surface area (Å²) in [5.41, 5.74) is 3.30. The first-order valence-corrected chi connectivity index (χ1v) is 11.3. The second kappa shape index (κ2) is 14.6. The molecule has 0 spiro atoms. The van der Waals surface area contributed by atoms with Crippen LogP contribution in [0.1, 0.15) is 73.4 Å². The third-order valence-electron chi connectivity index (χ3n) is 4.44. The molecule has 3 aromatic carbocycles. The van der Waals surface area contributed by atoms with Crippen LogP contribution in [0.5, 0.6) is 11.5 Å². The van der Waals surface area contributed by atoms with Crippen LogP contribution in [0.25, 0.3) is 0 Å². The summed E-state index contributed by atoms with van der Waals surface area (Å²) in [6.45, 7) is 12.1. The molecule has 0 radical (unpaired) electrons. The largest absolute Gasteiger partial charge is 0.423 e. The maximum absolute atomic E-state index is 12.2. The number of carbonyl (C=O) groups is 2. The molecule has 0 saturated heterocycles. The SMILES string of the molecule is CC.CC.CCc1ccc(C(=O)Oc2ccc(OC(=O)c3ccc(CC)cc3)cc2)cc1. The van der Waals surface area contributed by atoms with Gasteiger partial charge in [-0.1, -0.05) is 65.8 Å². The molecular formula is C28H34O4. The zero-order chi connectivity index (χ0) is 23.9. The molecule has 0 fully saturated rings. The van der Waals surface area contributed by atoms with E-state index in [0.29, 0.717) is 22.6 Å². The van der Waals surface area contributed by atoms with Crippen LogP contribution in [0.2, 0.25) is 0 Å². The van der Waals surface area contributed by atoms with Gasteiger partial charge in [0.1, 0.15) is 11.5 Å². The first-order chi connectivity index (χ1) is 15.6. The van der Waals surface area contributed by atoms with Crippen LogP contribution in [0.15, 0.2) is 72.8 Å². The van der Waals surface area contributed by atoms with Crippen molar-refractivity contribution in [3.05, 3.63) is 95.1 Å². The molecule has 0 aliphatic rings. The number of aryl methyl sites for hydroxylation is 2. The predicted octanol–water partition coefficient (Wildman–Crippen LogP) is 7.30. The average Bonchev–Trinajstić information content (AvgIpc) is 2.87. The van der Waals surface area contributed by atoms with Gasteiger partial charge in [0, 0.05) is 0 Å². The first kappa shape index (κ1) is 26.6. The number of benzene rings is 3. The van der Waals surface area contributed by atoms with Crippen LogP contribution in [0.4, 0.5) is 0 Å². The van der Waals surface area contributed by atoms with Crippen molar-refractivity contribution >= 4 is 11.9 Å². The van der Waals surface area contributed by atoms with Crippen LogP contribution in [0, 0.1) is 0 Å². The van der Waals surface area contributed by atoms with Crippen LogP contribution >= 0.6 is 0 Å². The Balaban J connectivity index is 0.00000121. The van der Waals surface area contributed by atoms with E-state index in [2.05, 4.69) is 13.8 Å². The van der Waals surface area contributed by atoms with Gasteiger partial charge in [0.05, 0.1) is 11.1 Å². The first-order valence-electron chi connectivity index (χ1n) is 11.3. The molecular weight excluding hydrogens is 400 g/mol. The fourth-order valence-electron chi connectivity index (χ4n) is 2.66. The fraction of sp³-hybridized carbons (Fsp3) is 0.286. The van der Waals surface area contributed by atoms with Crippen LogP contribution in [-0.2, 0) is 12.8 Å². The fourth-order valence-corrected chi connectivity index (χ4v) is 2.66. The number of ether oxygens (including phenoxy) is 2. The van der Waals surface area contributed by atoms with E-state index in [4.69, 9.17) is 9.47 Å². The Morgan fingerprint density at radius 1 is 0.531 bits per heavy atom. The summed E-state index contributed by atoms with van der Waals surface area (Å²) in [6, 6.07) is 21.0. The third-order valence-corrected chi connectivity index (χ3v) is 4.44. The molecule has 0 aromatic heterocycles. The molecule has 0 unspecified atom stereocenters. The summed E-state index contributed by atoms with van der Waals surface area (Å²) in [5, 5.41) is 0. The summed E-state index contributed by atoms with van der Waals surface area (Å²) in [5.74, 6) is -0.0832. The van der Waals surface area contributed by atoms with Crippen molar-refractivity contribution in [1.82, 2.24) is 0 Å².